The topological polar surface area (TPSA) is 78.9 Å². The first-order valence-electron chi connectivity index (χ1n) is 5.76. The molecule has 0 amide bonds. The Labute approximate surface area is 117 Å². The molecule has 6 nitrogen and oxygen atoms in total. The Morgan fingerprint density at radius 3 is 2.05 bits per heavy atom. The van der Waals surface area contributed by atoms with Crippen molar-refractivity contribution in [3.63, 3.8) is 0 Å². The molecule has 20 heavy (non-hydrogen) atoms. The second kappa shape index (κ2) is 8.68. The van der Waals surface area contributed by atoms with E-state index in [2.05, 4.69) is 19.7 Å². The van der Waals surface area contributed by atoms with E-state index in [4.69, 9.17) is 14.2 Å². The molecule has 0 aromatic rings. The van der Waals surface area contributed by atoms with Gasteiger partial charge in [-0.05, 0) is 13.8 Å². The average Bonchev–Trinajstić information content (AvgIpc) is 2.39. The molecule has 1 unspecified atom stereocenters. The van der Waals surface area contributed by atoms with E-state index in [1.807, 2.05) is 0 Å². The van der Waals surface area contributed by atoms with E-state index in [-0.39, 0.29) is 17.8 Å². The minimum Gasteiger partial charge on any atom is -0.459 e. The Hall–Kier alpha value is -2.37. The zero-order valence-electron chi connectivity index (χ0n) is 11.6. The number of hydrogen-bond acceptors (Lipinski definition) is 6. The third kappa shape index (κ3) is 6.53. The van der Waals surface area contributed by atoms with Gasteiger partial charge in [-0.25, -0.2) is 14.4 Å². The van der Waals surface area contributed by atoms with Gasteiger partial charge in [0, 0.05) is 11.1 Å². The summed E-state index contributed by atoms with van der Waals surface area (Å²) in [6, 6.07) is 0. The van der Waals surface area contributed by atoms with Gasteiger partial charge >= 0.3 is 17.9 Å². The Balaban J connectivity index is 4.69. The summed E-state index contributed by atoms with van der Waals surface area (Å²) in [5, 5.41) is 0. The largest absolute Gasteiger partial charge is 0.459 e. The molecule has 0 fully saturated rings. The normalized spacial score (nSPS) is 10.9. The molecule has 110 valence electrons. The first kappa shape index (κ1) is 17.6. The zero-order valence-corrected chi connectivity index (χ0v) is 11.6. The van der Waals surface area contributed by atoms with Crippen LogP contribution in [0.2, 0.25) is 0 Å². The highest BCUT2D eigenvalue weighted by Gasteiger charge is 2.26. The van der Waals surface area contributed by atoms with Gasteiger partial charge in [0.1, 0.15) is 13.2 Å². The maximum atomic E-state index is 11.7. The van der Waals surface area contributed by atoms with Gasteiger partial charge in [-0.3, -0.25) is 0 Å². The van der Waals surface area contributed by atoms with Gasteiger partial charge in [0.15, 0.2) is 0 Å². The van der Waals surface area contributed by atoms with Crippen LogP contribution in [-0.4, -0.2) is 37.2 Å². The number of carbonyl (C=O) groups excluding carboxylic acids is 3. The van der Waals surface area contributed by atoms with Crippen molar-refractivity contribution in [3.8, 4) is 0 Å². The molecule has 0 bridgehead atoms. The van der Waals surface area contributed by atoms with Crippen molar-refractivity contribution in [2.45, 2.75) is 20.0 Å². The quantitative estimate of drug-likeness (QED) is 0.289. The van der Waals surface area contributed by atoms with Gasteiger partial charge in [0.25, 0.3) is 0 Å². The van der Waals surface area contributed by atoms with Crippen LogP contribution < -0.4 is 0 Å². The first-order chi connectivity index (χ1) is 9.29. The highest BCUT2D eigenvalue weighted by atomic mass is 16.6. The van der Waals surface area contributed by atoms with Gasteiger partial charge in [-0.15, -0.1) is 0 Å². The molecule has 0 aliphatic carbocycles. The van der Waals surface area contributed by atoms with E-state index in [0.717, 1.165) is 0 Å². The molecule has 0 aromatic heterocycles. The summed E-state index contributed by atoms with van der Waals surface area (Å²) in [4.78, 5) is 34.3. The minimum absolute atomic E-state index is 0.0472. The van der Waals surface area contributed by atoms with Crippen LogP contribution in [0.15, 0.2) is 37.0 Å². The van der Waals surface area contributed by atoms with E-state index < -0.39 is 30.6 Å². The number of hydrogen-bond donors (Lipinski definition) is 0. The van der Waals surface area contributed by atoms with Crippen molar-refractivity contribution < 1.29 is 28.6 Å². The van der Waals surface area contributed by atoms with Gasteiger partial charge in [-0.1, -0.05) is 25.8 Å². The summed E-state index contributed by atoms with van der Waals surface area (Å²) in [6.07, 6.45) is -0.00226. The lowest BCUT2D eigenvalue weighted by Gasteiger charge is -2.16. The molecule has 0 aliphatic rings. The molecule has 0 N–H and O–H groups in total. The molecule has 0 rings (SSSR count). The van der Waals surface area contributed by atoms with Crippen molar-refractivity contribution in [2.75, 3.05) is 13.2 Å². The summed E-state index contributed by atoms with van der Waals surface area (Å²) >= 11 is 0. The van der Waals surface area contributed by atoms with E-state index in [1.54, 1.807) is 0 Å². The van der Waals surface area contributed by atoms with E-state index >= 15 is 0 Å². The molecule has 0 heterocycles. The third-order valence-corrected chi connectivity index (χ3v) is 1.92. The van der Waals surface area contributed by atoms with Crippen molar-refractivity contribution in [3.05, 3.63) is 37.0 Å². The van der Waals surface area contributed by atoms with Crippen LogP contribution in [0.4, 0.5) is 0 Å². The van der Waals surface area contributed by atoms with Crippen LogP contribution in [0.5, 0.6) is 0 Å². The summed E-state index contributed by atoms with van der Waals surface area (Å²) in [7, 11) is 0. The predicted octanol–water partition coefficient (Wildman–Crippen LogP) is 1.32. The molecule has 6 heteroatoms. The fourth-order valence-electron chi connectivity index (χ4n) is 0.889. The number of ether oxygens (including phenoxy) is 3. The highest BCUT2D eigenvalue weighted by molar-refractivity contribution is 5.90. The van der Waals surface area contributed by atoms with Crippen LogP contribution in [0.3, 0.4) is 0 Å². The van der Waals surface area contributed by atoms with Crippen LogP contribution in [0, 0.1) is 0 Å². The Kier molecular flexibility index (Phi) is 7.65. The fraction of sp³-hybridized carbons (Fsp3) is 0.357. The summed E-state index contributed by atoms with van der Waals surface area (Å²) in [5.74, 6) is -2.32. The molecule has 0 saturated carbocycles. The van der Waals surface area contributed by atoms with Gasteiger partial charge in [0.05, 0.1) is 0 Å². The lowest BCUT2D eigenvalue weighted by Crippen LogP contribution is -2.34. The van der Waals surface area contributed by atoms with Gasteiger partial charge in [0.2, 0.25) is 6.10 Å². The zero-order chi connectivity index (χ0) is 15.7. The Morgan fingerprint density at radius 2 is 1.60 bits per heavy atom. The van der Waals surface area contributed by atoms with Crippen LogP contribution >= 0.6 is 0 Å². The van der Waals surface area contributed by atoms with Crippen LogP contribution in [-0.2, 0) is 28.6 Å². The molecule has 0 aromatic carbocycles. The number of rotatable bonds is 8. The smallest absolute Gasteiger partial charge is 0.351 e. The molecular weight excluding hydrogens is 264 g/mol. The fourth-order valence-corrected chi connectivity index (χ4v) is 0.889. The van der Waals surface area contributed by atoms with E-state index in [0.29, 0.717) is 0 Å². The summed E-state index contributed by atoms with van der Waals surface area (Å²) in [5.41, 5.74) is 0.271. The van der Waals surface area contributed by atoms with Crippen LogP contribution in [0.1, 0.15) is 13.8 Å². The monoisotopic (exact) mass is 282 g/mol. The van der Waals surface area contributed by atoms with Crippen LogP contribution in [0.25, 0.3) is 0 Å². The molecule has 0 aliphatic heterocycles. The number of esters is 3. The van der Waals surface area contributed by atoms with E-state index in [9.17, 15) is 14.4 Å². The maximum Gasteiger partial charge on any atom is 0.351 e. The van der Waals surface area contributed by atoms with Gasteiger partial charge < -0.3 is 14.2 Å². The summed E-state index contributed by atoms with van der Waals surface area (Å²) < 4.78 is 14.4. The summed E-state index contributed by atoms with van der Waals surface area (Å²) in [6.45, 7) is 12.5. The standard InChI is InChI=1S/C14H18O6/c1-6-7-18-14(17)11(20-13(16)10(4)5)8-19-12(15)9(2)3/h6,11H,1-2,4,7-8H2,3,5H3. The number of carbonyl (C=O) groups is 3. The lowest BCUT2D eigenvalue weighted by atomic mass is 10.3. The van der Waals surface area contributed by atoms with Crippen molar-refractivity contribution in [1.82, 2.24) is 0 Å². The van der Waals surface area contributed by atoms with Crippen molar-refractivity contribution in [1.29, 1.82) is 0 Å². The maximum absolute atomic E-state index is 11.7. The third-order valence-electron chi connectivity index (χ3n) is 1.92. The lowest BCUT2D eigenvalue weighted by molar-refractivity contribution is -0.170. The predicted molar refractivity (Wildman–Crippen MR) is 71.6 cm³/mol. The second-order valence-electron chi connectivity index (χ2n) is 3.97. The van der Waals surface area contributed by atoms with E-state index in [1.165, 1.54) is 19.9 Å². The molecule has 0 radical (unpaired) electrons. The second-order valence-corrected chi connectivity index (χ2v) is 3.97. The first-order valence-corrected chi connectivity index (χ1v) is 5.76. The minimum atomic E-state index is -1.36. The molecule has 1 atom stereocenters. The SMILES string of the molecule is C=CCOC(=O)C(COC(=O)C(=C)C)OC(=O)C(=C)C. The average molecular weight is 282 g/mol. The van der Waals surface area contributed by atoms with Crippen molar-refractivity contribution >= 4 is 17.9 Å². The molecule has 0 saturated heterocycles. The van der Waals surface area contributed by atoms with Gasteiger partial charge in [-0.2, -0.15) is 0 Å². The molecular formula is C14H18O6. The highest BCUT2D eigenvalue weighted by Crippen LogP contribution is 2.04. The molecule has 0 spiro atoms. The van der Waals surface area contributed by atoms with Crippen molar-refractivity contribution in [2.24, 2.45) is 0 Å². The Morgan fingerprint density at radius 1 is 1.05 bits per heavy atom. The Bertz CT molecular complexity index is 435.